The van der Waals surface area contributed by atoms with Crippen LogP contribution in [0.15, 0.2) is 18.2 Å². The number of nitrogens with one attached hydrogen (secondary N) is 1. The molecule has 0 spiro atoms. The second-order valence-corrected chi connectivity index (χ2v) is 5.46. The van der Waals surface area contributed by atoms with Crippen LogP contribution in [0.5, 0.6) is 5.75 Å². The van der Waals surface area contributed by atoms with Crippen molar-refractivity contribution >= 4 is 0 Å². The van der Waals surface area contributed by atoms with Crippen molar-refractivity contribution in [2.75, 3.05) is 13.7 Å². The summed E-state index contributed by atoms with van der Waals surface area (Å²) < 4.78 is 5.79. The fourth-order valence-corrected chi connectivity index (χ4v) is 1.70. The largest absolute Gasteiger partial charge is 0.493 e. The normalized spacial score (nSPS) is 13.4. The summed E-state index contributed by atoms with van der Waals surface area (Å²) in [6.45, 7) is 8.30. The molecule has 0 heterocycles. The van der Waals surface area contributed by atoms with Crippen LogP contribution in [-0.2, 0) is 0 Å². The van der Waals surface area contributed by atoms with Gasteiger partial charge in [0.25, 0.3) is 0 Å². The Morgan fingerprint density at radius 2 is 2.06 bits per heavy atom. The van der Waals surface area contributed by atoms with Gasteiger partial charge in [-0.2, -0.15) is 0 Å². The van der Waals surface area contributed by atoms with E-state index in [9.17, 15) is 5.11 Å². The maximum Gasteiger partial charge on any atom is 0.124 e. The Bertz CT molecular complexity index is 383. The highest BCUT2D eigenvalue weighted by Gasteiger charge is 2.14. The van der Waals surface area contributed by atoms with Crippen molar-refractivity contribution in [3.8, 4) is 5.75 Å². The van der Waals surface area contributed by atoms with Crippen LogP contribution < -0.4 is 10.1 Å². The first-order valence-corrected chi connectivity index (χ1v) is 6.46. The maximum atomic E-state index is 9.67. The number of benzene rings is 1. The molecule has 0 radical (unpaired) electrons. The van der Waals surface area contributed by atoms with Gasteiger partial charge in [0.15, 0.2) is 0 Å². The van der Waals surface area contributed by atoms with Crippen LogP contribution in [0.25, 0.3) is 0 Å². The first-order valence-electron chi connectivity index (χ1n) is 6.46. The van der Waals surface area contributed by atoms with Gasteiger partial charge < -0.3 is 15.2 Å². The molecule has 0 bridgehead atoms. The second kappa shape index (κ2) is 6.21. The Morgan fingerprint density at radius 1 is 1.39 bits per heavy atom. The standard InChI is InChI=1S/C15H25NO2/c1-11-6-7-14(13(10-11)12(2)16-5)18-9-8-15(3,4)17/h6-7,10,12,16-17H,8-9H2,1-5H3. The summed E-state index contributed by atoms with van der Waals surface area (Å²) in [5.74, 6) is 0.895. The van der Waals surface area contributed by atoms with E-state index in [1.54, 1.807) is 13.8 Å². The fraction of sp³-hybridized carbons (Fsp3) is 0.600. The molecule has 0 aliphatic carbocycles. The molecule has 2 N–H and O–H groups in total. The van der Waals surface area contributed by atoms with E-state index in [0.717, 1.165) is 11.3 Å². The fourth-order valence-electron chi connectivity index (χ4n) is 1.70. The molecule has 3 heteroatoms. The third-order valence-electron chi connectivity index (χ3n) is 3.04. The molecule has 0 aliphatic rings. The SMILES string of the molecule is CNC(C)c1cc(C)ccc1OCCC(C)(C)O. The zero-order valence-corrected chi connectivity index (χ0v) is 12.1. The first kappa shape index (κ1) is 15.0. The van der Waals surface area contributed by atoms with E-state index in [0.29, 0.717) is 13.0 Å². The van der Waals surface area contributed by atoms with E-state index >= 15 is 0 Å². The quantitative estimate of drug-likeness (QED) is 0.817. The van der Waals surface area contributed by atoms with Crippen LogP contribution in [0.1, 0.15) is 44.4 Å². The van der Waals surface area contributed by atoms with Gasteiger partial charge in [-0.05, 0) is 40.8 Å². The van der Waals surface area contributed by atoms with Crippen molar-refractivity contribution in [3.63, 3.8) is 0 Å². The lowest BCUT2D eigenvalue weighted by atomic mass is 10.0. The summed E-state index contributed by atoms with van der Waals surface area (Å²) in [6.07, 6.45) is 0.619. The Balaban J connectivity index is 2.75. The average molecular weight is 251 g/mol. The van der Waals surface area contributed by atoms with Crippen LogP contribution in [0.3, 0.4) is 0 Å². The van der Waals surface area contributed by atoms with Gasteiger partial charge in [-0.15, -0.1) is 0 Å². The molecule has 0 saturated heterocycles. The molecule has 102 valence electrons. The number of hydrogen-bond donors (Lipinski definition) is 2. The molecular formula is C15H25NO2. The molecule has 1 rings (SSSR count). The summed E-state index contributed by atoms with van der Waals surface area (Å²) in [7, 11) is 1.94. The molecule has 1 aromatic carbocycles. The van der Waals surface area contributed by atoms with Crippen LogP contribution in [0, 0.1) is 6.92 Å². The van der Waals surface area contributed by atoms with Crippen molar-refractivity contribution < 1.29 is 9.84 Å². The van der Waals surface area contributed by atoms with Gasteiger partial charge in [-0.25, -0.2) is 0 Å². The van der Waals surface area contributed by atoms with Crippen LogP contribution >= 0.6 is 0 Å². The van der Waals surface area contributed by atoms with Gasteiger partial charge in [0.05, 0.1) is 12.2 Å². The van der Waals surface area contributed by atoms with E-state index < -0.39 is 5.60 Å². The Kier molecular flexibility index (Phi) is 5.17. The molecule has 1 unspecified atom stereocenters. The number of aryl methyl sites for hydroxylation is 1. The van der Waals surface area contributed by atoms with Gasteiger partial charge in [-0.3, -0.25) is 0 Å². The third-order valence-corrected chi connectivity index (χ3v) is 3.04. The molecule has 0 aromatic heterocycles. The van der Waals surface area contributed by atoms with Crippen molar-refractivity contribution in [2.45, 2.75) is 45.8 Å². The van der Waals surface area contributed by atoms with Crippen molar-refractivity contribution in [3.05, 3.63) is 29.3 Å². The second-order valence-electron chi connectivity index (χ2n) is 5.46. The number of ether oxygens (including phenoxy) is 1. The highest BCUT2D eigenvalue weighted by Crippen LogP contribution is 2.26. The van der Waals surface area contributed by atoms with Crippen LogP contribution in [0.4, 0.5) is 0 Å². The third kappa shape index (κ3) is 4.67. The molecule has 18 heavy (non-hydrogen) atoms. The lowest BCUT2D eigenvalue weighted by molar-refractivity contribution is 0.0551. The summed E-state index contributed by atoms with van der Waals surface area (Å²) in [5.41, 5.74) is 1.70. The van der Waals surface area contributed by atoms with E-state index in [2.05, 4.69) is 25.2 Å². The van der Waals surface area contributed by atoms with Crippen LogP contribution in [-0.4, -0.2) is 24.4 Å². The predicted molar refractivity (Wildman–Crippen MR) is 75.1 cm³/mol. The zero-order valence-electron chi connectivity index (χ0n) is 12.1. The average Bonchev–Trinajstić information content (AvgIpc) is 2.28. The van der Waals surface area contributed by atoms with Crippen molar-refractivity contribution in [1.29, 1.82) is 0 Å². The van der Waals surface area contributed by atoms with E-state index in [1.807, 2.05) is 19.2 Å². The highest BCUT2D eigenvalue weighted by molar-refractivity contribution is 5.38. The molecule has 0 fully saturated rings. The van der Waals surface area contributed by atoms with Crippen molar-refractivity contribution in [1.82, 2.24) is 5.32 Å². The minimum atomic E-state index is -0.681. The summed E-state index contributed by atoms with van der Waals surface area (Å²) in [6, 6.07) is 6.44. The van der Waals surface area contributed by atoms with E-state index in [1.165, 1.54) is 5.56 Å². The molecular weight excluding hydrogens is 226 g/mol. The van der Waals surface area contributed by atoms with Crippen molar-refractivity contribution in [2.24, 2.45) is 0 Å². The Labute approximate surface area is 110 Å². The van der Waals surface area contributed by atoms with Gasteiger partial charge in [0, 0.05) is 18.0 Å². The zero-order chi connectivity index (χ0) is 13.8. The molecule has 0 saturated carbocycles. The lowest BCUT2D eigenvalue weighted by Gasteiger charge is -2.20. The molecule has 1 aromatic rings. The minimum absolute atomic E-state index is 0.252. The summed E-state index contributed by atoms with van der Waals surface area (Å²) in [5, 5.41) is 12.9. The van der Waals surface area contributed by atoms with E-state index in [-0.39, 0.29) is 6.04 Å². The van der Waals surface area contributed by atoms with E-state index in [4.69, 9.17) is 4.74 Å². The Hall–Kier alpha value is -1.06. The van der Waals surface area contributed by atoms with Gasteiger partial charge >= 0.3 is 0 Å². The molecule has 0 amide bonds. The molecule has 3 nitrogen and oxygen atoms in total. The predicted octanol–water partition coefficient (Wildman–Crippen LogP) is 2.82. The smallest absolute Gasteiger partial charge is 0.124 e. The molecule has 1 atom stereocenters. The van der Waals surface area contributed by atoms with Crippen LogP contribution in [0.2, 0.25) is 0 Å². The maximum absolute atomic E-state index is 9.67. The molecule has 0 aliphatic heterocycles. The van der Waals surface area contributed by atoms with Gasteiger partial charge in [-0.1, -0.05) is 17.7 Å². The number of rotatable bonds is 6. The number of aliphatic hydroxyl groups is 1. The number of hydrogen-bond acceptors (Lipinski definition) is 3. The highest BCUT2D eigenvalue weighted by atomic mass is 16.5. The Morgan fingerprint density at radius 3 is 2.61 bits per heavy atom. The summed E-state index contributed by atoms with van der Waals surface area (Å²) in [4.78, 5) is 0. The topological polar surface area (TPSA) is 41.5 Å². The minimum Gasteiger partial charge on any atom is -0.493 e. The monoisotopic (exact) mass is 251 g/mol. The summed E-state index contributed by atoms with van der Waals surface area (Å²) >= 11 is 0. The first-order chi connectivity index (χ1) is 8.33. The van der Waals surface area contributed by atoms with Gasteiger partial charge in [0.1, 0.15) is 5.75 Å². The lowest BCUT2D eigenvalue weighted by Crippen LogP contribution is -2.22. The van der Waals surface area contributed by atoms with Gasteiger partial charge in [0.2, 0.25) is 0 Å².